The van der Waals surface area contributed by atoms with E-state index in [-0.39, 0.29) is 23.9 Å². The first-order chi connectivity index (χ1) is 7.63. The van der Waals surface area contributed by atoms with Gasteiger partial charge in [0.25, 0.3) is 0 Å². The molecule has 0 spiro atoms. The van der Waals surface area contributed by atoms with Crippen LogP contribution in [0.3, 0.4) is 0 Å². The highest BCUT2D eigenvalue weighted by molar-refractivity contribution is 5.79. The van der Waals surface area contributed by atoms with Crippen LogP contribution in [0.15, 0.2) is 0 Å². The Hall–Kier alpha value is -0.610. The van der Waals surface area contributed by atoms with Crippen molar-refractivity contribution < 1.29 is 9.53 Å². The second-order valence-electron chi connectivity index (χ2n) is 4.81. The third-order valence-corrected chi connectivity index (χ3v) is 3.23. The molecule has 0 aromatic carbocycles. The molecule has 4 heteroatoms. The van der Waals surface area contributed by atoms with Gasteiger partial charge in [-0.15, -0.1) is 0 Å². The van der Waals surface area contributed by atoms with Gasteiger partial charge >= 0.3 is 0 Å². The Morgan fingerprint density at radius 3 is 2.94 bits per heavy atom. The fourth-order valence-electron chi connectivity index (χ4n) is 2.19. The number of amides is 1. The Morgan fingerprint density at radius 1 is 1.56 bits per heavy atom. The first-order valence-corrected chi connectivity index (χ1v) is 6.18. The van der Waals surface area contributed by atoms with Gasteiger partial charge in [-0.2, -0.15) is 0 Å². The summed E-state index contributed by atoms with van der Waals surface area (Å²) in [6.07, 6.45) is 4.81. The van der Waals surface area contributed by atoms with Crippen LogP contribution in [0.25, 0.3) is 0 Å². The summed E-state index contributed by atoms with van der Waals surface area (Å²) in [4.78, 5) is 11.9. The van der Waals surface area contributed by atoms with Crippen molar-refractivity contribution >= 4 is 5.91 Å². The summed E-state index contributed by atoms with van der Waals surface area (Å²) in [5, 5.41) is 3.03. The largest absolute Gasteiger partial charge is 0.385 e. The highest BCUT2D eigenvalue weighted by Gasteiger charge is 2.25. The molecule has 1 amide bonds. The van der Waals surface area contributed by atoms with Crippen molar-refractivity contribution in [1.82, 2.24) is 5.32 Å². The van der Waals surface area contributed by atoms with Crippen molar-refractivity contribution in [3.63, 3.8) is 0 Å². The normalized spacial score (nSPS) is 27.4. The van der Waals surface area contributed by atoms with Gasteiger partial charge < -0.3 is 15.8 Å². The molecule has 1 aliphatic carbocycles. The Balaban J connectivity index is 2.27. The van der Waals surface area contributed by atoms with E-state index in [0.717, 1.165) is 32.1 Å². The summed E-state index contributed by atoms with van der Waals surface area (Å²) in [5.74, 6) is 0.285. The molecule has 1 aliphatic rings. The Bertz CT molecular complexity index is 221. The van der Waals surface area contributed by atoms with E-state index >= 15 is 0 Å². The van der Waals surface area contributed by atoms with Gasteiger partial charge in [0.15, 0.2) is 0 Å². The smallest absolute Gasteiger partial charge is 0.223 e. The molecule has 16 heavy (non-hydrogen) atoms. The highest BCUT2D eigenvalue weighted by Crippen LogP contribution is 2.23. The average Bonchev–Trinajstić information content (AvgIpc) is 2.26. The van der Waals surface area contributed by atoms with Crippen LogP contribution in [-0.4, -0.2) is 31.7 Å². The molecule has 3 N–H and O–H groups in total. The third kappa shape index (κ3) is 4.49. The van der Waals surface area contributed by atoms with E-state index in [1.807, 2.05) is 6.92 Å². The molecule has 3 unspecified atom stereocenters. The standard InChI is InChI=1S/C12H24N2O2/c1-9(6-7-16-2)14-12(15)10-4-3-5-11(13)8-10/h9-11H,3-8,13H2,1-2H3,(H,14,15). The summed E-state index contributed by atoms with van der Waals surface area (Å²) in [6.45, 7) is 2.70. The van der Waals surface area contributed by atoms with Gasteiger partial charge in [0.2, 0.25) is 5.91 Å². The molecule has 1 fully saturated rings. The molecule has 0 radical (unpaired) electrons. The molecular weight excluding hydrogens is 204 g/mol. The van der Waals surface area contributed by atoms with E-state index in [4.69, 9.17) is 10.5 Å². The molecule has 94 valence electrons. The number of hydrogen-bond donors (Lipinski definition) is 2. The number of nitrogens with one attached hydrogen (secondary N) is 1. The van der Waals surface area contributed by atoms with Gasteiger partial charge in [-0.1, -0.05) is 6.42 Å². The zero-order valence-corrected chi connectivity index (χ0v) is 10.4. The number of ether oxygens (including phenoxy) is 1. The van der Waals surface area contributed by atoms with Gasteiger partial charge in [-0.05, 0) is 32.6 Å². The number of nitrogens with two attached hydrogens (primary N) is 1. The second kappa shape index (κ2) is 6.86. The van der Waals surface area contributed by atoms with Crippen LogP contribution >= 0.6 is 0 Å². The van der Waals surface area contributed by atoms with E-state index in [2.05, 4.69) is 5.32 Å². The third-order valence-electron chi connectivity index (χ3n) is 3.23. The minimum absolute atomic E-state index is 0.119. The van der Waals surface area contributed by atoms with Crippen LogP contribution in [0, 0.1) is 5.92 Å². The van der Waals surface area contributed by atoms with Crippen molar-refractivity contribution in [2.45, 2.75) is 51.1 Å². The second-order valence-corrected chi connectivity index (χ2v) is 4.81. The first-order valence-electron chi connectivity index (χ1n) is 6.18. The van der Waals surface area contributed by atoms with Crippen LogP contribution in [0.4, 0.5) is 0 Å². The lowest BCUT2D eigenvalue weighted by Gasteiger charge is -2.27. The van der Waals surface area contributed by atoms with E-state index in [1.54, 1.807) is 7.11 Å². The number of rotatable bonds is 5. The molecular formula is C12H24N2O2. The minimum atomic E-state index is 0.119. The zero-order chi connectivity index (χ0) is 12.0. The maximum Gasteiger partial charge on any atom is 0.223 e. The van der Waals surface area contributed by atoms with Gasteiger partial charge in [0, 0.05) is 31.7 Å². The van der Waals surface area contributed by atoms with Gasteiger partial charge in [0.1, 0.15) is 0 Å². The Morgan fingerprint density at radius 2 is 2.31 bits per heavy atom. The van der Waals surface area contributed by atoms with Crippen LogP contribution in [0.1, 0.15) is 39.0 Å². The summed E-state index contributed by atoms with van der Waals surface area (Å²) in [7, 11) is 1.68. The van der Waals surface area contributed by atoms with E-state index < -0.39 is 0 Å². The Labute approximate surface area is 97.9 Å². The number of carbonyl (C=O) groups is 1. The van der Waals surface area contributed by atoms with Crippen molar-refractivity contribution in [3.8, 4) is 0 Å². The summed E-state index contributed by atoms with van der Waals surface area (Å²) < 4.78 is 4.99. The molecule has 0 aliphatic heterocycles. The molecule has 0 saturated heterocycles. The van der Waals surface area contributed by atoms with Crippen molar-refractivity contribution in [2.75, 3.05) is 13.7 Å². The topological polar surface area (TPSA) is 64.3 Å². The predicted molar refractivity (Wildman–Crippen MR) is 64.0 cm³/mol. The molecule has 0 aromatic heterocycles. The molecule has 0 bridgehead atoms. The first kappa shape index (κ1) is 13.5. The maximum absolute atomic E-state index is 11.9. The minimum Gasteiger partial charge on any atom is -0.385 e. The lowest BCUT2D eigenvalue weighted by Crippen LogP contribution is -2.41. The zero-order valence-electron chi connectivity index (χ0n) is 10.4. The fourth-order valence-corrected chi connectivity index (χ4v) is 2.19. The maximum atomic E-state index is 11.9. The Kier molecular flexibility index (Phi) is 5.77. The van der Waals surface area contributed by atoms with Crippen LogP contribution < -0.4 is 11.1 Å². The number of methoxy groups -OCH3 is 1. The SMILES string of the molecule is COCCC(C)NC(=O)C1CCCC(N)C1. The van der Waals surface area contributed by atoms with E-state index in [9.17, 15) is 4.79 Å². The fraction of sp³-hybridized carbons (Fsp3) is 0.917. The van der Waals surface area contributed by atoms with Crippen molar-refractivity contribution in [1.29, 1.82) is 0 Å². The summed E-state index contributed by atoms with van der Waals surface area (Å²) in [5.41, 5.74) is 5.87. The number of hydrogen-bond acceptors (Lipinski definition) is 3. The van der Waals surface area contributed by atoms with Crippen LogP contribution in [0.5, 0.6) is 0 Å². The highest BCUT2D eigenvalue weighted by atomic mass is 16.5. The monoisotopic (exact) mass is 228 g/mol. The van der Waals surface area contributed by atoms with Crippen molar-refractivity contribution in [2.24, 2.45) is 11.7 Å². The number of carbonyl (C=O) groups excluding carboxylic acids is 1. The summed E-state index contributed by atoms with van der Waals surface area (Å²) in [6, 6.07) is 0.393. The van der Waals surface area contributed by atoms with E-state index in [0.29, 0.717) is 6.61 Å². The summed E-state index contributed by atoms with van der Waals surface area (Å²) >= 11 is 0. The molecule has 0 heterocycles. The molecule has 0 aromatic rings. The van der Waals surface area contributed by atoms with Gasteiger partial charge in [-0.25, -0.2) is 0 Å². The lowest BCUT2D eigenvalue weighted by molar-refractivity contribution is -0.126. The quantitative estimate of drug-likeness (QED) is 0.739. The van der Waals surface area contributed by atoms with Gasteiger partial charge in [-0.3, -0.25) is 4.79 Å². The molecule has 1 rings (SSSR count). The predicted octanol–water partition coefficient (Wildman–Crippen LogP) is 1.05. The molecule has 4 nitrogen and oxygen atoms in total. The lowest BCUT2D eigenvalue weighted by atomic mass is 9.85. The molecule has 1 saturated carbocycles. The van der Waals surface area contributed by atoms with Crippen molar-refractivity contribution in [3.05, 3.63) is 0 Å². The van der Waals surface area contributed by atoms with Crippen LogP contribution in [-0.2, 0) is 9.53 Å². The van der Waals surface area contributed by atoms with Crippen LogP contribution in [0.2, 0.25) is 0 Å². The van der Waals surface area contributed by atoms with E-state index in [1.165, 1.54) is 0 Å². The van der Waals surface area contributed by atoms with Gasteiger partial charge in [0.05, 0.1) is 0 Å². The molecule has 3 atom stereocenters. The average molecular weight is 228 g/mol.